The highest BCUT2D eigenvalue weighted by Gasteiger charge is 2.23. The lowest BCUT2D eigenvalue weighted by Gasteiger charge is -2.26. The van der Waals surface area contributed by atoms with Crippen molar-refractivity contribution in [3.63, 3.8) is 0 Å². The summed E-state index contributed by atoms with van der Waals surface area (Å²) in [5.74, 6) is 0.281. The fourth-order valence-corrected chi connectivity index (χ4v) is 2.93. The van der Waals surface area contributed by atoms with E-state index in [9.17, 15) is 9.50 Å². The van der Waals surface area contributed by atoms with E-state index in [1.54, 1.807) is 13.0 Å². The van der Waals surface area contributed by atoms with Crippen LogP contribution in [0.3, 0.4) is 0 Å². The molecule has 1 aliphatic rings. The molecule has 19 heavy (non-hydrogen) atoms. The molecule has 2 rings (SSSR count). The first-order valence-electron chi connectivity index (χ1n) is 6.85. The van der Waals surface area contributed by atoms with E-state index in [2.05, 4.69) is 16.8 Å². The summed E-state index contributed by atoms with van der Waals surface area (Å²) in [7, 11) is 4.10. The molecule has 1 fully saturated rings. The maximum absolute atomic E-state index is 13.8. The second-order valence-corrected chi connectivity index (χ2v) is 5.65. The van der Waals surface area contributed by atoms with Crippen molar-refractivity contribution in [2.75, 3.05) is 38.6 Å². The molecule has 0 spiro atoms. The number of benzene rings is 1. The van der Waals surface area contributed by atoms with E-state index in [0.29, 0.717) is 11.5 Å². The minimum Gasteiger partial charge on any atom is -0.389 e. The van der Waals surface area contributed by atoms with Gasteiger partial charge < -0.3 is 14.9 Å². The number of likely N-dealkylation sites (tertiary alicyclic amines) is 1. The Labute approximate surface area is 114 Å². The quantitative estimate of drug-likeness (QED) is 0.905. The SMILES string of the molecule is C[C@H](O)c1c(F)cccc1N(C)CC1CCN(C)C1. The summed E-state index contributed by atoms with van der Waals surface area (Å²) in [6.45, 7) is 4.72. The second-order valence-electron chi connectivity index (χ2n) is 5.65. The van der Waals surface area contributed by atoms with Crippen LogP contribution in [0.15, 0.2) is 18.2 Å². The van der Waals surface area contributed by atoms with Crippen molar-refractivity contribution < 1.29 is 9.50 Å². The van der Waals surface area contributed by atoms with Crippen LogP contribution in [0.5, 0.6) is 0 Å². The van der Waals surface area contributed by atoms with E-state index < -0.39 is 6.10 Å². The molecular weight excluding hydrogens is 243 g/mol. The van der Waals surface area contributed by atoms with Crippen molar-refractivity contribution >= 4 is 5.69 Å². The molecule has 3 nitrogen and oxygen atoms in total. The molecular formula is C15H23FN2O. The van der Waals surface area contributed by atoms with Crippen LogP contribution in [-0.4, -0.2) is 43.7 Å². The highest BCUT2D eigenvalue weighted by Crippen LogP contribution is 2.29. The Morgan fingerprint density at radius 1 is 1.53 bits per heavy atom. The monoisotopic (exact) mass is 266 g/mol. The molecule has 1 aliphatic heterocycles. The van der Waals surface area contributed by atoms with Crippen molar-refractivity contribution in [3.8, 4) is 0 Å². The maximum atomic E-state index is 13.8. The number of halogens is 1. The second kappa shape index (κ2) is 5.88. The summed E-state index contributed by atoms with van der Waals surface area (Å²) in [5, 5.41) is 9.76. The van der Waals surface area contributed by atoms with Gasteiger partial charge in [0.15, 0.2) is 0 Å². The third kappa shape index (κ3) is 3.25. The molecule has 1 heterocycles. The van der Waals surface area contributed by atoms with Gasteiger partial charge >= 0.3 is 0 Å². The lowest BCUT2D eigenvalue weighted by Crippen LogP contribution is -2.28. The van der Waals surface area contributed by atoms with Gasteiger partial charge in [-0.2, -0.15) is 0 Å². The van der Waals surface area contributed by atoms with Crippen molar-refractivity contribution in [1.82, 2.24) is 4.90 Å². The normalized spacial score (nSPS) is 21.6. The largest absolute Gasteiger partial charge is 0.389 e. The molecule has 1 unspecified atom stereocenters. The fraction of sp³-hybridized carbons (Fsp3) is 0.600. The molecule has 4 heteroatoms. The van der Waals surface area contributed by atoms with Gasteiger partial charge in [0, 0.05) is 31.4 Å². The van der Waals surface area contributed by atoms with Crippen molar-refractivity contribution in [2.45, 2.75) is 19.4 Å². The van der Waals surface area contributed by atoms with Gasteiger partial charge in [-0.15, -0.1) is 0 Å². The smallest absolute Gasteiger partial charge is 0.131 e. The van der Waals surface area contributed by atoms with Crippen LogP contribution in [0, 0.1) is 11.7 Å². The highest BCUT2D eigenvalue weighted by molar-refractivity contribution is 5.54. The molecule has 0 aliphatic carbocycles. The van der Waals surface area contributed by atoms with Crippen LogP contribution in [0.4, 0.5) is 10.1 Å². The zero-order chi connectivity index (χ0) is 14.0. The van der Waals surface area contributed by atoms with Crippen molar-refractivity contribution in [3.05, 3.63) is 29.6 Å². The Morgan fingerprint density at radius 2 is 2.26 bits per heavy atom. The molecule has 0 saturated carbocycles. The molecule has 1 aromatic carbocycles. The summed E-state index contributed by atoms with van der Waals surface area (Å²) >= 11 is 0. The van der Waals surface area contributed by atoms with Crippen molar-refractivity contribution in [2.24, 2.45) is 5.92 Å². The minimum atomic E-state index is -0.787. The minimum absolute atomic E-state index is 0.331. The Bertz CT molecular complexity index is 436. The first-order valence-corrected chi connectivity index (χ1v) is 6.85. The summed E-state index contributed by atoms with van der Waals surface area (Å²) in [5.41, 5.74) is 1.20. The van der Waals surface area contributed by atoms with E-state index in [1.165, 1.54) is 12.5 Å². The fourth-order valence-electron chi connectivity index (χ4n) is 2.93. The Kier molecular flexibility index (Phi) is 4.42. The van der Waals surface area contributed by atoms with Gasteiger partial charge in [0.2, 0.25) is 0 Å². The topological polar surface area (TPSA) is 26.7 Å². The molecule has 0 amide bonds. The lowest BCUT2D eigenvalue weighted by atomic mass is 10.0. The predicted molar refractivity (Wildman–Crippen MR) is 75.9 cm³/mol. The Morgan fingerprint density at radius 3 is 2.84 bits per heavy atom. The predicted octanol–water partition coefficient (Wildman–Crippen LogP) is 2.27. The number of aliphatic hydroxyl groups excluding tert-OH is 1. The Balaban J connectivity index is 2.14. The summed E-state index contributed by atoms with van der Waals surface area (Å²) < 4.78 is 13.8. The molecule has 2 atom stereocenters. The van der Waals surface area contributed by atoms with Gasteiger partial charge in [-0.1, -0.05) is 6.07 Å². The average molecular weight is 266 g/mol. The Hall–Kier alpha value is -1.13. The summed E-state index contributed by atoms with van der Waals surface area (Å²) in [4.78, 5) is 4.38. The van der Waals surface area contributed by atoms with E-state index in [1.807, 2.05) is 13.1 Å². The molecule has 1 N–H and O–H groups in total. The van der Waals surface area contributed by atoms with Crippen molar-refractivity contribution in [1.29, 1.82) is 0 Å². The number of anilines is 1. The van der Waals surface area contributed by atoms with Gasteiger partial charge in [-0.25, -0.2) is 4.39 Å². The number of hydrogen-bond acceptors (Lipinski definition) is 3. The molecule has 1 saturated heterocycles. The van der Waals surface area contributed by atoms with Crippen LogP contribution in [-0.2, 0) is 0 Å². The van der Waals surface area contributed by atoms with Gasteiger partial charge in [0.05, 0.1) is 6.10 Å². The highest BCUT2D eigenvalue weighted by atomic mass is 19.1. The third-order valence-electron chi connectivity index (χ3n) is 3.88. The van der Waals surface area contributed by atoms with Crippen LogP contribution in [0.2, 0.25) is 0 Å². The van der Waals surface area contributed by atoms with Crippen LogP contribution in [0.25, 0.3) is 0 Å². The zero-order valence-corrected chi connectivity index (χ0v) is 11.9. The van der Waals surface area contributed by atoms with Gasteiger partial charge in [-0.3, -0.25) is 0 Å². The van der Waals surface area contributed by atoms with Crippen LogP contribution < -0.4 is 4.90 Å². The molecule has 0 aromatic heterocycles. The first-order chi connectivity index (χ1) is 8.99. The molecule has 1 aromatic rings. The third-order valence-corrected chi connectivity index (χ3v) is 3.88. The average Bonchev–Trinajstić information content (AvgIpc) is 2.73. The standard InChI is InChI=1S/C15H23FN2O/c1-11(19)15-13(16)5-4-6-14(15)18(3)10-12-7-8-17(2)9-12/h4-6,11-12,19H,7-10H2,1-3H3/t11-,12?/m0/s1. The van der Waals surface area contributed by atoms with Gasteiger partial charge in [0.25, 0.3) is 0 Å². The van der Waals surface area contributed by atoms with E-state index >= 15 is 0 Å². The van der Waals surface area contributed by atoms with Gasteiger partial charge in [0.1, 0.15) is 5.82 Å². The molecule has 0 bridgehead atoms. The number of nitrogens with zero attached hydrogens (tertiary/aromatic N) is 2. The molecule has 106 valence electrons. The van der Waals surface area contributed by atoms with E-state index in [-0.39, 0.29) is 5.82 Å². The first kappa shape index (κ1) is 14.3. The van der Waals surface area contributed by atoms with E-state index in [4.69, 9.17) is 0 Å². The van der Waals surface area contributed by atoms with Crippen LogP contribution >= 0.6 is 0 Å². The maximum Gasteiger partial charge on any atom is 0.131 e. The summed E-state index contributed by atoms with van der Waals surface area (Å²) in [6.07, 6.45) is 0.394. The number of aliphatic hydroxyl groups is 1. The molecule has 0 radical (unpaired) electrons. The summed E-state index contributed by atoms with van der Waals surface area (Å²) in [6, 6.07) is 4.99. The lowest BCUT2D eigenvalue weighted by molar-refractivity contribution is 0.194. The van der Waals surface area contributed by atoms with Gasteiger partial charge in [-0.05, 0) is 45.0 Å². The number of hydrogen-bond donors (Lipinski definition) is 1. The number of rotatable bonds is 4. The van der Waals surface area contributed by atoms with E-state index in [0.717, 1.165) is 25.3 Å². The van der Waals surface area contributed by atoms with Crippen LogP contribution in [0.1, 0.15) is 25.0 Å². The zero-order valence-electron chi connectivity index (χ0n) is 11.9.